The summed E-state index contributed by atoms with van der Waals surface area (Å²) in [5.41, 5.74) is 0. The van der Waals surface area contributed by atoms with E-state index in [4.69, 9.17) is 5.11 Å². The first kappa shape index (κ1) is 16.6. The molecule has 0 saturated heterocycles. The first-order valence-corrected chi connectivity index (χ1v) is 6.20. The summed E-state index contributed by atoms with van der Waals surface area (Å²) in [6, 6.07) is -0.945. The molecule has 0 spiro atoms. The second kappa shape index (κ2) is 8.69. The summed E-state index contributed by atoms with van der Waals surface area (Å²) in [5, 5.41) is 20.9. The number of rotatable bonds is 9. The van der Waals surface area contributed by atoms with E-state index in [2.05, 4.69) is 11.9 Å². The van der Waals surface area contributed by atoms with Gasteiger partial charge in [0.05, 0.1) is 0 Å². The van der Waals surface area contributed by atoms with Crippen LogP contribution in [-0.2, 0) is 9.59 Å². The molecule has 5 heteroatoms. The molecule has 0 heterocycles. The molecule has 18 heavy (non-hydrogen) atoms. The SMILES string of the molecule is C=CCCC[C@@H](NC(=O)[C@@H](O)CC(C)C)C(=O)O. The van der Waals surface area contributed by atoms with Crippen molar-refractivity contribution in [3.8, 4) is 0 Å². The molecule has 0 radical (unpaired) electrons. The number of carbonyl (C=O) groups is 2. The average Bonchev–Trinajstić information content (AvgIpc) is 2.26. The highest BCUT2D eigenvalue weighted by atomic mass is 16.4. The van der Waals surface area contributed by atoms with Gasteiger partial charge in [0.25, 0.3) is 0 Å². The highest BCUT2D eigenvalue weighted by Crippen LogP contribution is 2.07. The molecule has 0 unspecified atom stereocenters. The Kier molecular flexibility index (Phi) is 8.03. The number of unbranched alkanes of at least 4 members (excludes halogenated alkanes) is 1. The van der Waals surface area contributed by atoms with E-state index in [9.17, 15) is 14.7 Å². The van der Waals surface area contributed by atoms with Gasteiger partial charge >= 0.3 is 5.97 Å². The summed E-state index contributed by atoms with van der Waals surface area (Å²) >= 11 is 0. The van der Waals surface area contributed by atoms with Gasteiger partial charge in [-0.05, 0) is 31.6 Å². The molecule has 0 aromatic rings. The van der Waals surface area contributed by atoms with E-state index in [1.807, 2.05) is 13.8 Å². The normalized spacial score (nSPS) is 14.0. The van der Waals surface area contributed by atoms with Crippen LogP contribution in [0.2, 0.25) is 0 Å². The van der Waals surface area contributed by atoms with Crippen LogP contribution in [0.3, 0.4) is 0 Å². The molecule has 0 aromatic heterocycles. The van der Waals surface area contributed by atoms with Crippen molar-refractivity contribution in [2.45, 2.75) is 51.7 Å². The van der Waals surface area contributed by atoms with Gasteiger partial charge in [-0.25, -0.2) is 4.79 Å². The van der Waals surface area contributed by atoms with Gasteiger partial charge in [0.2, 0.25) is 5.91 Å². The molecule has 0 aliphatic rings. The summed E-state index contributed by atoms with van der Waals surface area (Å²) in [6.45, 7) is 7.32. The molecule has 0 aliphatic carbocycles. The summed E-state index contributed by atoms with van der Waals surface area (Å²) in [5.74, 6) is -1.52. The summed E-state index contributed by atoms with van der Waals surface area (Å²) in [7, 11) is 0. The lowest BCUT2D eigenvalue weighted by molar-refractivity contribution is -0.143. The van der Waals surface area contributed by atoms with Crippen molar-refractivity contribution in [2.75, 3.05) is 0 Å². The first-order valence-electron chi connectivity index (χ1n) is 6.20. The van der Waals surface area contributed by atoms with Crippen molar-refractivity contribution < 1.29 is 19.8 Å². The van der Waals surface area contributed by atoms with E-state index in [-0.39, 0.29) is 5.92 Å². The number of amides is 1. The predicted octanol–water partition coefficient (Wildman–Crippen LogP) is 1.32. The van der Waals surface area contributed by atoms with Crippen molar-refractivity contribution in [3.05, 3.63) is 12.7 Å². The van der Waals surface area contributed by atoms with Crippen LogP contribution in [0.1, 0.15) is 39.5 Å². The van der Waals surface area contributed by atoms with Crippen molar-refractivity contribution in [1.29, 1.82) is 0 Å². The third-order valence-electron chi connectivity index (χ3n) is 2.51. The van der Waals surface area contributed by atoms with Gasteiger partial charge < -0.3 is 15.5 Å². The zero-order valence-corrected chi connectivity index (χ0v) is 11.1. The van der Waals surface area contributed by atoms with Gasteiger partial charge in [0.15, 0.2) is 0 Å². The summed E-state index contributed by atoms with van der Waals surface area (Å²) in [6.07, 6.45) is 2.56. The molecule has 1 amide bonds. The van der Waals surface area contributed by atoms with Gasteiger partial charge in [-0.15, -0.1) is 6.58 Å². The van der Waals surface area contributed by atoms with E-state index in [0.717, 1.165) is 0 Å². The van der Waals surface area contributed by atoms with Crippen LogP contribution >= 0.6 is 0 Å². The molecule has 3 N–H and O–H groups in total. The quantitative estimate of drug-likeness (QED) is 0.429. The van der Waals surface area contributed by atoms with E-state index >= 15 is 0 Å². The van der Waals surface area contributed by atoms with Crippen molar-refractivity contribution >= 4 is 11.9 Å². The van der Waals surface area contributed by atoms with Gasteiger partial charge in [0.1, 0.15) is 12.1 Å². The van der Waals surface area contributed by atoms with Gasteiger partial charge in [-0.3, -0.25) is 4.79 Å². The Balaban J connectivity index is 4.26. The van der Waals surface area contributed by atoms with Crippen LogP contribution in [0.4, 0.5) is 0 Å². The molecule has 0 fully saturated rings. The Labute approximate surface area is 108 Å². The minimum absolute atomic E-state index is 0.176. The van der Waals surface area contributed by atoms with Gasteiger partial charge in [0, 0.05) is 0 Å². The Morgan fingerprint density at radius 2 is 2.00 bits per heavy atom. The zero-order chi connectivity index (χ0) is 14.1. The molecule has 0 bridgehead atoms. The number of allylic oxidation sites excluding steroid dienone is 1. The van der Waals surface area contributed by atoms with Gasteiger partial charge in [-0.1, -0.05) is 19.9 Å². The number of aliphatic hydroxyl groups is 1. The van der Waals surface area contributed by atoms with E-state index < -0.39 is 24.0 Å². The minimum Gasteiger partial charge on any atom is -0.480 e. The largest absolute Gasteiger partial charge is 0.480 e. The lowest BCUT2D eigenvalue weighted by Gasteiger charge is -2.18. The highest BCUT2D eigenvalue weighted by Gasteiger charge is 2.23. The molecule has 2 atom stereocenters. The number of hydrogen-bond acceptors (Lipinski definition) is 3. The maximum atomic E-state index is 11.6. The number of carboxylic acid groups (broad SMARTS) is 1. The fourth-order valence-electron chi connectivity index (χ4n) is 1.55. The fourth-order valence-corrected chi connectivity index (χ4v) is 1.55. The molecule has 0 saturated carbocycles. The average molecular weight is 257 g/mol. The lowest BCUT2D eigenvalue weighted by Crippen LogP contribution is -2.45. The second-order valence-corrected chi connectivity index (χ2v) is 4.76. The summed E-state index contributed by atoms with van der Waals surface area (Å²) < 4.78 is 0. The Morgan fingerprint density at radius 1 is 1.39 bits per heavy atom. The molecule has 0 rings (SSSR count). The highest BCUT2D eigenvalue weighted by molar-refractivity contribution is 5.86. The molecule has 0 aromatic carbocycles. The second-order valence-electron chi connectivity index (χ2n) is 4.76. The fraction of sp³-hybridized carbons (Fsp3) is 0.692. The number of nitrogens with one attached hydrogen (secondary N) is 1. The molecule has 104 valence electrons. The van der Waals surface area contributed by atoms with Crippen LogP contribution in [-0.4, -0.2) is 34.2 Å². The summed E-state index contributed by atoms with van der Waals surface area (Å²) in [4.78, 5) is 22.5. The third-order valence-corrected chi connectivity index (χ3v) is 2.51. The van der Waals surface area contributed by atoms with Crippen LogP contribution in [0, 0.1) is 5.92 Å². The Morgan fingerprint density at radius 3 is 2.44 bits per heavy atom. The van der Waals surface area contributed by atoms with Crippen LogP contribution in [0.5, 0.6) is 0 Å². The van der Waals surface area contributed by atoms with Crippen molar-refractivity contribution in [1.82, 2.24) is 5.32 Å². The number of carboxylic acids is 1. The molecule has 5 nitrogen and oxygen atoms in total. The van der Waals surface area contributed by atoms with E-state index in [1.54, 1.807) is 6.08 Å². The van der Waals surface area contributed by atoms with Crippen LogP contribution < -0.4 is 5.32 Å². The predicted molar refractivity (Wildman–Crippen MR) is 69.1 cm³/mol. The van der Waals surface area contributed by atoms with E-state index in [1.165, 1.54) is 0 Å². The Bertz CT molecular complexity index is 289. The van der Waals surface area contributed by atoms with Crippen LogP contribution in [0.15, 0.2) is 12.7 Å². The molecular weight excluding hydrogens is 234 g/mol. The van der Waals surface area contributed by atoms with Crippen molar-refractivity contribution in [3.63, 3.8) is 0 Å². The third kappa shape index (κ3) is 7.06. The van der Waals surface area contributed by atoms with E-state index in [0.29, 0.717) is 25.7 Å². The molecule has 0 aliphatic heterocycles. The maximum absolute atomic E-state index is 11.6. The monoisotopic (exact) mass is 257 g/mol. The maximum Gasteiger partial charge on any atom is 0.326 e. The molecular formula is C13H23NO4. The number of carbonyl (C=O) groups excluding carboxylic acids is 1. The topological polar surface area (TPSA) is 86.6 Å². The number of hydrogen-bond donors (Lipinski definition) is 3. The standard InChI is InChI=1S/C13H23NO4/c1-4-5-6-7-10(13(17)18)14-12(16)11(15)8-9(2)3/h4,9-11,15H,1,5-8H2,2-3H3,(H,14,16)(H,17,18)/t10-,11+/m1/s1. The van der Waals surface area contributed by atoms with Gasteiger partial charge in [-0.2, -0.15) is 0 Å². The number of aliphatic hydroxyl groups excluding tert-OH is 1. The first-order chi connectivity index (χ1) is 8.38. The Hall–Kier alpha value is -1.36. The lowest BCUT2D eigenvalue weighted by atomic mass is 10.0. The number of aliphatic carboxylic acids is 1. The smallest absolute Gasteiger partial charge is 0.326 e. The minimum atomic E-state index is -1.15. The zero-order valence-electron chi connectivity index (χ0n) is 11.1. The van der Waals surface area contributed by atoms with Crippen molar-refractivity contribution in [2.24, 2.45) is 5.92 Å². The van der Waals surface area contributed by atoms with Crippen LogP contribution in [0.25, 0.3) is 0 Å².